The number of rotatable bonds is 3. The fourth-order valence-electron chi connectivity index (χ4n) is 1.58. The third kappa shape index (κ3) is 2.62. The van der Waals surface area contributed by atoms with Gasteiger partial charge in [0.15, 0.2) is 0 Å². The highest BCUT2D eigenvalue weighted by Crippen LogP contribution is 2.21. The third-order valence-corrected chi connectivity index (χ3v) is 2.29. The van der Waals surface area contributed by atoms with Crippen LogP contribution >= 0.6 is 12.4 Å². The highest BCUT2D eigenvalue weighted by Gasteiger charge is 2.05. The second-order valence-corrected chi connectivity index (χ2v) is 3.43. The molecule has 0 amide bonds. The lowest BCUT2D eigenvalue weighted by atomic mass is 10.1. The van der Waals surface area contributed by atoms with Gasteiger partial charge in [-0.15, -0.1) is 12.4 Å². The quantitative estimate of drug-likeness (QED) is 0.848. The fraction of sp³-hybridized carbons (Fsp3) is 0.167. The number of nitrogens with one attached hydrogen (secondary N) is 2. The van der Waals surface area contributed by atoms with E-state index in [2.05, 4.69) is 10.3 Å². The molecule has 2 N–H and O–H groups in total. The Bertz CT molecular complexity index is 454. The number of hydrogen-bond acceptors (Lipinski definition) is 1. The van der Waals surface area contributed by atoms with E-state index < -0.39 is 0 Å². The molecule has 86 valence electrons. The van der Waals surface area contributed by atoms with Gasteiger partial charge in [0.1, 0.15) is 5.82 Å². The summed E-state index contributed by atoms with van der Waals surface area (Å²) in [4.78, 5) is 3.07. The normalized spacial score (nSPS) is 9.88. The summed E-state index contributed by atoms with van der Waals surface area (Å²) in [6, 6.07) is 8.71. The Hall–Kier alpha value is -1.32. The van der Waals surface area contributed by atoms with Gasteiger partial charge < -0.3 is 10.3 Å². The number of halogens is 2. The standard InChI is InChI=1S/C12H13FN2.ClH/c1-14-7-9-6-12(15-8-9)10-4-2-3-5-11(10)13;/h2-6,8,14-15H,7H2,1H3;1H. The van der Waals surface area contributed by atoms with Gasteiger partial charge in [0.2, 0.25) is 0 Å². The highest BCUT2D eigenvalue weighted by atomic mass is 35.5. The molecule has 0 aliphatic heterocycles. The zero-order valence-corrected chi connectivity index (χ0v) is 9.77. The predicted molar refractivity (Wildman–Crippen MR) is 66.2 cm³/mol. The van der Waals surface area contributed by atoms with Gasteiger partial charge in [0.05, 0.1) is 0 Å². The largest absolute Gasteiger partial charge is 0.361 e. The lowest BCUT2D eigenvalue weighted by Gasteiger charge is -1.98. The Balaban J connectivity index is 0.00000128. The molecule has 0 saturated heterocycles. The Morgan fingerprint density at radius 2 is 2.06 bits per heavy atom. The van der Waals surface area contributed by atoms with Gasteiger partial charge in [-0.1, -0.05) is 12.1 Å². The second-order valence-electron chi connectivity index (χ2n) is 3.43. The molecule has 2 aromatic rings. The molecule has 16 heavy (non-hydrogen) atoms. The van der Waals surface area contributed by atoms with E-state index in [0.717, 1.165) is 17.8 Å². The smallest absolute Gasteiger partial charge is 0.132 e. The summed E-state index contributed by atoms with van der Waals surface area (Å²) in [7, 11) is 1.88. The lowest BCUT2D eigenvalue weighted by molar-refractivity contribution is 0.631. The van der Waals surface area contributed by atoms with Crippen LogP contribution in [0.5, 0.6) is 0 Å². The molecule has 2 nitrogen and oxygen atoms in total. The lowest BCUT2D eigenvalue weighted by Crippen LogP contribution is -2.03. The minimum atomic E-state index is -0.199. The minimum absolute atomic E-state index is 0. The van der Waals surface area contributed by atoms with Crippen molar-refractivity contribution in [3.05, 3.63) is 47.9 Å². The van der Waals surface area contributed by atoms with Crippen LogP contribution in [0.4, 0.5) is 4.39 Å². The maximum atomic E-state index is 13.4. The zero-order valence-electron chi connectivity index (χ0n) is 8.96. The van der Waals surface area contributed by atoms with Crippen molar-refractivity contribution < 1.29 is 4.39 Å². The first-order valence-electron chi connectivity index (χ1n) is 4.88. The summed E-state index contributed by atoms with van der Waals surface area (Å²) in [5, 5.41) is 3.05. The predicted octanol–water partition coefficient (Wildman–Crippen LogP) is 2.96. The van der Waals surface area contributed by atoms with Crippen LogP contribution in [0, 0.1) is 5.82 Å². The van der Waals surface area contributed by atoms with Crippen LogP contribution in [-0.4, -0.2) is 12.0 Å². The van der Waals surface area contributed by atoms with Gasteiger partial charge in [-0.25, -0.2) is 4.39 Å². The zero-order chi connectivity index (χ0) is 10.7. The molecule has 0 unspecified atom stereocenters. The summed E-state index contributed by atoms with van der Waals surface area (Å²) >= 11 is 0. The first-order chi connectivity index (χ1) is 7.31. The molecule has 4 heteroatoms. The van der Waals surface area contributed by atoms with E-state index in [1.54, 1.807) is 12.1 Å². The van der Waals surface area contributed by atoms with Crippen molar-refractivity contribution in [3.63, 3.8) is 0 Å². The molecule has 0 saturated carbocycles. The van der Waals surface area contributed by atoms with Crippen molar-refractivity contribution in [1.29, 1.82) is 0 Å². The van der Waals surface area contributed by atoms with Crippen molar-refractivity contribution in [2.75, 3.05) is 7.05 Å². The minimum Gasteiger partial charge on any atom is -0.361 e. The van der Waals surface area contributed by atoms with Crippen LogP contribution in [0.25, 0.3) is 11.3 Å². The van der Waals surface area contributed by atoms with Crippen LogP contribution in [0.3, 0.4) is 0 Å². The Kier molecular flexibility index (Phi) is 4.52. The molecule has 0 aliphatic rings. The van der Waals surface area contributed by atoms with Crippen molar-refractivity contribution in [1.82, 2.24) is 10.3 Å². The van der Waals surface area contributed by atoms with Crippen LogP contribution in [0.2, 0.25) is 0 Å². The van der Waals surface area contributed by atoms with Gasteiger partial charge in [0, 0.05) is 24.0 Å². The van der Waals surface area contributed by atoms with Crippen molar-refractivity contribution in [3.8, 4) is 11.3 Å². The Morgan fingerprint density at radius 1 is 1.31 bits per heavy atom. The molecule has 2 rings (SSSR count). The fourth-order valence-corrected chi connectivity index (χ4v) is 1.58. The summed E-state index contributed by atoms with van der Waals surface area (Å²) in [6.45, 7) is 0.783. The van der Waals surface area contributed by atoms with Crippen LogP contribution in [0.15, 0.2) is 36.5 Å². The topological polar surface area (TPSA) is 27.8 Å². The summed E-state index contributed by atoms with van der Waals surface area (Å²) in [6.07, 6.45) is 1.89. The Morgan fingerprint density at radius 3 is 2.75 bits per heavy atom. The van der Waals surface area contributed by atoms with E-state index in [0.29, 0.717) is 5.56 Å². The monoisotopic (exact) mass is 240 g/mol. The van der Waals surface area contributed by atoms with E-state index in [4.69, 9.17) is 0 Å². The van der Waals surface area contributed by atoms with Gasteiger partial charge in [0.25, 0.3) is 0 Å². The van der Waals surface area contributed by atoms with E-state index in [1.165, 1.54) is 6.07 Å². The molecule has 0 spiro atoms. The molecular weight excluding hydrogens is 227 g/mol. The third-order valence-electron chi connectivity index (χ3n) is 2.29. The molecular formula is C12H14ClFN2. The number of H-pyrrole nitrogens is 1. The molecule has 0 fully saturated rings. The van der Waals surface area contributed by atoms with Crippen LogP contribution < -0.4 is 5.32 Å². The maximum Gasteiger partial charge on any atom is 0.132 e. The van der Waals surface area contributed by atoms with Crippen LogP contribution in [-0.2, 0) is 6.54 Å². The SMILES string of the molecule is CNCc1c[nH]c(-c2ccccc2F)c1.Cl. The van der Waals surface area contributed by atoms with E-state index in [-0.39, 0.29) is 18.2 Å². The van der Waals surface area contributed by atoms with Crippen molar-refractivity contribution >= 4 is 12.4 Å². The summed E-state index contributed by atoms with van der Waals surface area (Å²) in [5.74, 6) is -0.199. The van der Waals surface area contributed by atoms with E-state index in [1.807, 2.05) is 25.4 Å². The average Bonchev–Trinajstić information content (AvgIpc) is 2.68. The van der Waals surface area contributed by atoms with Gasteiger partial charge in [-0.3, -0.25) is 0 Å². The molecule has 0 bridgehead atoms. The molecule has 1 aromatic heterocycles. The molecule has 1 aromatic carbocycles. The van der Waals surface area contributed by atoms with Gasteiger partial charge >= 0.3 is 0 Å². The van der Waals surface area contributed by atoms with Crippen molar-refractivity contribution in [2.45, 2.75) is 6.54 Å². The first kappa shape index (κ1) is 12.7. The molecule has 0 aliphatic carbocycles. The summed E-state index contributed by atoms with van der Waals surface area (Å²) < 4.78 is 13.4. The van der Waals surface area contributed by atoms with E-state index in [9.17, 15) is 4.39 Å². The Labute approximate surface area is 100 Å². The number of benzene rings is 1. The molecule has 1 heterocycles. The first-order valence-corrected chi connectivity index (χ1v) is 4.88. The molecule has 0 radical (unpaired) electrons. The van der Waals surface area contributed by atoms with Gasteiger partial charge in [-0.2, -0.15) is 0 Å². The maximum absolute atomic E-state index is 13.4. The van der Waals surface area contributed by atoms with Gasteiger partial charge in [-0.05, 0) is 30.8 Å². The average molecular weight is 241 g/mol. The number of aromatic nitrogens is 1. The summed E-state index contributed by atoms with van der Waals surface area (Å²) in [5.41, 5.74) is 2.55. The van der Waals surface area contributed by atoms with E-state index >= 15 is 0 Å². The highest BCUT2D eigenvalue weighted by molar-refractivity contribution is 5.85. The number of aromatic amines is 1. The van der Waals surface area contributed by atoms with Crippen LogP contribution in [0.1, 0.15) is 5.56 Å². The van der Waals surface area contributed by atoms with Crippen molar-refractivity contribution in [2.24, 2.45) is 0 Å². The molecule has 0 atom stereocenters. The second kappa shape index (κ2) is 5.68. The number of hydrogen-bond donors (Lipinski definition) is 2.